The number of para-hydroxylation sites is 1. The highest BCUT2D eigenvalue weighted by Gasteiger charge is 2.23. The maximum Gasteiger partial charge on any atom is 0.331 e. The Labute approximate surface area is 125 Å². The molecule has 0 aliphatic heterocycles. The first-order chi connectivity index (χ1) is 10.2. The molecular weight excluding hydrogens is 288 g/mol. The molecule has 5 nitrogen and oxygen atoms in total. The van der Waals surface area contributed by atoms with Crippen LogP contribution in [0, 0.1) is 0 Å². The number of hydrogen-bond acceptors (Lipinski definition) is 5. The number of carbonyl (C=O) groups excluding carboxylic acids is 2. The van der Waals surface area contributed by atoms with E-state index in [0.29, 0.717) is 0 Å². The number of fused-ring (bicyclic) bond motifs is 1. The van der Waals surface area contributed by atoms with E-state index >= 15 is 0 Å². The van der Waals surface area contributed by atoms with E-state index in [2.05, 4.69) is 10.3 Å². The van der Waals surface area contributed by atoms with E-state index in [1.165, 1.54) is 17.4 Å². The van der Waals surface area contributed by atoms with Crippen LogP contribution in [-0.2, 0) is 14.3 Å². The topological polar surface area (TPSA) is 68.3 Å². The van der Waals surface area contributed by atoms with E-state index in [1.807, 2.05) is 24.3 Å². The zero-order valence-electron chi connectivity index (χ0n) is 11.2. The Balaban J connectivity index is 1.52. The first-order valence-electron chi connectivity index (χ1n) is 6.70. The number of hydrogen-bond donors (Lipinski definition) is 1. The minimum Gasteiger partial charge on any atom is -0.452 e. The Bertz CT molecular complexity index is 671. The second-order valence-electron chi connectivity index (χ2n) is 4.80. The zero-order valence-corrected chi connectivity index (χ0v) is 12.1. The summed E-state index contributed by atoms with van der Waals surface area (Å²) in [5, 5.41) is 3.48. The maximum atomic E-state index is 11.5. The molecule has 0 unspecified atom stereocenters. The number of esters is 1. The van der Waals surface area contributed by atoms with Gasteiger partial charge in [-0.05, 0) is 31.1 Å². The quantitative estimate of drug-likeness (QED) is 0.678. The maximum absolute atomic E-state index is 11.5. The largest absolute Gasteiger partial charge is 0.452 e. The minimum atomic E-state index is -0.541. The summed E-state index contributed by atoms with van der Waals surface area (Å²) in [6.07, 6.45) is 4.92. The lowest BCUT2D eigenvalue weighted by molar-refractivity contribution is -0.143. The first-order valence-corrected chi connectivity index (χ1v) is 7.52. The molecule has 2 aromatic rings. The highest BCUT2D eigenvalue weighted by Crippen LogP contribution is 2.22. The summed E-state index contributed by atoms with van der Waals surface area (Å²) in [5.41, 5.74) is 0.902. The van der Waals surface area contributed by atoms with Gasteiger partial charge in [-0.1, -0.05) is 12.1 Å². The van der Waals surface area contributed by atoms with Crippen molar-refractivity contribution in [3.8, 4) is 0 Å². The Kier molecular flexibility index (Phi) is 3.96. The standard InChI is InChI=1S/C15H14N2O3S/c18-13(16-10-5-6-10)9-20-15(19)8-7-14-17-11-3-1-2-4-12(11)21-14/h1-4,7-8,10H,5-6,9H2,(H,16,18)/b8-7+. The van der Waals surface area contributed by atoms with E-state index in [-0.39, 0.29) is 18.6 Å². The molecule has 21 heavy (non-hydrogen) atoms. The highest BCUT2D eigenvalue weighted by atomic mass is 32.1. The number of ether oxygens (including phenoxy) is 1. The highest BCUT2D eigenvalue weighted by molar-refractivity contribution is 7.19. The predicted octanol–water partition coefficient (Wildman–Crippen LogP) is 2.13. The summed E-state index contributed by atoms with van der Waals surface area (Å²) in [6, 6.07) is 8.03. The van der Waals surface area contributed by atoms with Gasteiger partial charge in [0.2, 0.25) is 0 Å². The van der Waals surface area contributed by atoms with Gasteiger partial charge in [-0.3, -0.25) is 4.79 Å². The van der Waals surface area contributed by atoms with Crippen molar-refractivity contribution in [1.82, 2.24) is 10.3 Å². The molecule has 1 aliphatic carbocycles. The Hall–Kier alpha value is -2.21. The molecule has 0 atom stereocenters. The van der Waals surface area contributed by atoms with Crippen molar-refractivity contribution in [2.75, 3.05) is 6.61 Å². The summed E-state index contributed by atoms with van der Waals surface area (Å²) in [7, 11) is 0. The molecule has 1 fully saturated rings. The summed E-state index contributed by atoms with van der Waals surface area (Å²) in [6.45, 7) is -0.237. The molecular formula is C15H14N2O3S. The summed E-state index contributed by atoms with van der Waals surface area (Å²) >= 11 is 1.50. The third-order valence-corrected chi connectivity index (χ3v) is 3.96. The van der Waals surface area contributed by atoms with Gasteiger partial charge < -0.3 is 10.1 Å². The number of amides is 1. The summed E-state index contributed by atoms with van der Waals surface area (Å²) in [4.78, 5) is 27.3. The van der Waals surface area contributed by atoms with Crippen LogP contribution in [0.1, 0.15) is 17.8 Å². The van der Waals surface area contributed by atoms with Crippen molar-refractivity contribution in [1.29, 1.82) is 0 Å². The first kappa shape index (κ1) is 13.8. The molecule has 1 amide bonds. The molecule has 1 aromatic carbocycles. The molecule has 0 bridgehead atoms. The van der Waals surface area contributed by atoms with E-state index < -0.39 is 5.97 Å². The summed E-state index contributed by atoms with van der Waals surface area (Å²) < 4.78 is 5.93. The molecule has 1 aliphatic rings. The number of benzene rings is 1. The number of nitrogens with zero attached hydrogens (tertiary/aromatic N) is 1. The molecule has 0 radical (unpaired) electrons. The van der Waals surface area contributed by atoms with Gasteiger partial charge in [-0.2, -0.15) is 0 Å². The van der Waals surface area contributed by atoms with Gasteiger partial charge in [0.05, 0.1) is 10.2 Å². The third-order valence-electron chi connectivity index (χ3n) is 2.96. The van der Waals surface area contributed by atoms with Crippen molar-refractivity contribution in [3.63, 3.8) is 0 Å². The van der Waals surface area contributed by atoms with Crippen molar-refractivity contribution < 1.29 is 14.3 Å². The van der Waals surface area contributed by atoms with Gasteiger partial charge in [0.1, 0.15) is 5.01 Å². The molecule has 0 spiro atoms. The Morgan fingerprint density at radius 3 is 2.95 bits per heavy atom. The number of nitrogens with one attached hydrogen (secondary N) is 1. The second-order valence-corrected chi connectivity index (χ2v) is 5.86. The van der Waals surface area contributed by atoms with Crippen LogP contribution in [0.3, 0.4) is 0 Å². The van der Waals surface area contributed by atoms with Crippen LogP contribution in [0.2, 0.25) is 0 Å². The fourth-order valence-corrected chi connectivity index (χ4v) is 2.65. The second kappa shape index (κ2) is 6.05. The monoisotopic (exact) mass is 302 g/mol. The van der Waals surface area contributed by atoms with Gasteiger partial charge in [-0.15, -0.1) is 11.3 Å². The lowest BCUT2D eigenvalue weighted by atomic mass is 10.3. The number of aromatic nitrogens is 1. The van der Waals surface area contributed by atoms with Crippen LogP contribution in [-0.4, -0.2) is 29.5 Å². The SMILES string of the molecule is O=C(COC(=O)/C=C/c1nc2ccccc2s1)NC1CC1. The number of carbonyl (C=O) groups is 2. The Morgan fingerprint density at radius 1 is 1.38 bits per heavy atom. The molecule has 1 saturated carbocycles. The third kappa shape index (κ3) is 3.88. The van der Waals surface area contributed by atoms with E-state index in [4.69, 9.17) is 4.74 Å². The zero-order chi connectivity index (χ0) is 14.7. The number of thiazole rings is 1. The normalized spacial score (nSPS) is 14.5. The van der Waals surface area contributed by atoms with Crippen molar-refractivity contribution in [2.24, 2.45) is 0 Å². The molecule has 1 aromatic heterocycles. The van der Waals surface area contributed by atoms with Crippen LogP contribution < -0.4 is 5.32 Å². The lowest BCUT2D eigenvalue weighted by Crippen LogP contribution is -2.30. The van der Waals surface area contributed by atoms with Crippen LogP contribution in [0.4, 0.5) is 0 Å². The van der Waals surface area contributed by atoms with Crippen LogP contribution in [0.5, 0.6) is 0 Å². The smallest absolute Gasteiger partial charge is 0.331 e. The molecule has 1 N–H and O–H groups in total. The fourth-order valence-electron chi connectivity index (χ4n) is 1.78. The van der Waals surface area contributed by atoms with Gasteiger partial charge in [-0.25, -0.2) is 9.78 Å². The molecule has 0 saturated heterocycles. The summed E-state index contributed by atoms with van der Waals surface area (Å²) in [5.74, 6) is -0.792. The molecule has 3 rings (SSSR count). The lowest BCUT2D eigenvalue weighted by Gasteiger charge is -2.02. The van der Waals surface area contributed by atoms with Crippen molar-refractivity contribution in [2.45, 2.75) is 18.9 Å². The van der Waals surface area contributed by atoms with Crippen LogP contribution in [0.15, 0.2) is 30.3 Å². The molecule has 1 heterocycles. The minimum absolute atomic E-state index is 0.237. The number of rotatable bonds is 5. The van der Waals surface area contributed by atoms with E-state index in [0.717, 1.165) is 28.1 Å². The van der Waals surface area contributed by atoms with Crippen molar-refractivity contribution in [3.05, 3.63) is 35.3 Å². The van der Waals surface area contributed by atoms with Crippen LogP contribution >= 0.6 is 11.3 Å². The van der Waals surface area contributed by atoms with E-state index in [9.17, 15) is 9.59 Å². The fraction of sp³-hybridized carbons (Fsp3) is 0.267. The van der Waals surface area contributed by atoms with E-state index in [1.54, 1.807) is 6.08 Å². The van der Waals surface area contributed by atoms with Crippen molar-refractivity contribution >= 4 is 39.5 Å². The van der Waals surface area contributed by atoms with Gasteiger partial charge >= 0.3 is 5.97 Å². The Morgan fingerprint density at radius 2 is 2.19 bits per heavy atom. The van der Waals surface area contributed by atoms with Gasteiger partial charge in [0, 0.05) is 12.1 Å². The average Bonchev–Trinajstić information content (AvgIpc) is 3.18. The average molecular weight is 302 g/mol. The molecule has 108 valence electrons. The van der Waals surface area contributed by atoms with Gasteiger partial charge in [0.15, 0.2) is 6.61 Å². The van der Waals surface area contributed by atoms with Crippen LogP contribution in [0.25, 0.3) is 16.3 Å². The van der Waals surface area contributed by atoms with Gasteiger partial charge in [0.25, 0.3) is 5.91 Å². The molecule has 6 heteroatoms. The predicted molar refractivity (Wildman–Crippen MR) is 80.8 cm³/mol.